The van der Waals surface area contributed by atoms with Crippen LogP contribution in [0.3, 0.4) is 0 Å². The Bertz CT molecular complexity index is 395. The van der Waals surface area contributed by atoms with E-state index in [0.29, 0.717) is 10.7 Å². The highest BCUT2D eigenvalue weighted by molar-refractivity contribution is 9.10. The lowest BCUT2D eigenvalue weighted by Crippen LogP contribution is -2.82. The maximum absolute atomic E-state index is 9.49. The average molecular weight is 289 g/mol. The van der Waals surface area contributed by atoms with Gasteiger partial charge in [0.05, 0.1) is 5.56 Å². The van der Waals surface area contributed by atoms with Crippen molar-refractivity contribution in [2.45, 2.75) is 0 Å². The van der Waals surface area contributed by atoms with Gasteiger partial charge in [-0.25, -0.2) is 0 Å². The second-order valence-electron chi connectivity index (χ2n) is 2.70. The number of hydrogen-bond donors (Lipinski definition) is 4. The fourth-order valence-electron chi connectivity index (χ4n) is 0.883. The number of phenolic OH excluding ortho intramolecular Hbond substituents is 1. The van der Waals surface area contributed by atoms with Crippen LogP contribution < -0.4 is 15.8 Å². The predicted octanol–water partition coefficient (Wildman–Crippen LogP) is -0.337. The van der Waals surface area contributed by atoms with Crippen molar-refractivity contribution in [1.29, 1.82) is 0 Å². The van der Waals surface area contributed by atoms with Crippen molar-refractivity contribution in [3.05, 3.63) is 28.2 Å². The van der Waals surface area contributed by atoms with Crippen molar-refractivity contribution in [1.82, 2.24) is 10.7 Å². The molecule has 0 aliphatic carbocycles. The summed E-state index contributed by atoms with van der Waals surface area (Å²) in [5.41, 5.74) is 3.38. The summed E-state index contributed by atoms with van der Waals surface area (Å²) in [4.78, 5) is 0. The second kappa shape index (κ2) is 5.67. The first-order valence-corrected chi connectivity index (χ1v) is 5.38. The molecule has 0 aromatic heterocycles. The van der Waals surface area contributed by atoms with Gasteiger partial charge in [0.1, 0.15) is 5.75 Å². The molecule has 80 valence electrons. The van der Waals surface area contributed by atoms with E-state index in [1.165, 1.54) is 0 Å². The standard InChI is InChI=1S/C9H10BrN3OS/c1-11-9(15)13-12-5-6-4-7(10)2-3-8(6)14/h2-5,14H,1H3,(H2,11,13,15)/p+1/b12-5+. The largest absolute Gasteiger partial charge is 0.507 e. The number of benzene rings is 1. The third-order valence-electron chi connectivity index (χ3n) is 1.63. The molecule has 0 bridgehead atoms. The number of hydrazine groups is 1. The minimum atomic E-state index is 0.197. The number of halogens is 1. The summed E-state index contributed by atoms with van der Waals surface area (Å²) in [5.74, 6) is 0.197. The molecular formula is C9H11BrN3OS+. The van der Waals surface area contributed by atoms with Crippen LogP contribution in [0.15, 0.2) is 22.7 Å². The molecule has 0 heterocycles. The van der Waals surface area contributed by atoms with E-state index in [4.69, 9.17) is 12.2 Å². The van der Waals surface area contributed by atoms with Crippen molar-refractivity contribution in [2.24, 2.45) is 0 Å². The Hall–Kier alpha value is -1.14. The topological polar surface area (TPSA) is 58.3 Å². The van der Waals surface area contributed by atoms with Crippen LogP contribution in [0.25, 0.3) is 0 Å². The van der Waals surface area contributed by atoms with Gasteiger partial charge < -0.3 is 10.4 Å². The Morgan fingerprint density at radius 3 is 3.00 bits per heavy atom. The summed E-state index contributed by atoms with van der Waals surface area (Å²) in [6, 6.07) is 5.15. The van der Waals surface area contributed by atoms with E-state index in [1.54, 1.807) is 31.5 Å². The van der Waals surface area contributed by atoms with Gasteiger partial charge in [-0.1, -0.05) is 15.9 Å². The lowest BCUT2D eigenvalue weighted by atomic mass is 10.2. The molecule has 0 spiro atoms. The molecule has 1 aromatic rings. The fraction of sp³-hybridized carbons (Fsp3) is 0.111. The van der Waals surface area contributed by atoms with Crippen molar-refractivity contribution >= 4 is 39.5 Å². The molecule has 6 heteroatoms. The van der Waals surface area contributed by atoms with Gasteiger partial charge in [-0.05, 0) is 30.4 Å². The number of rotatable bonds is 2. The third kappa shape index (κ3) is 3.85. The molecule has 0 unspecified atom stereocenters. The van der Waals surface area contributed by atoms with Crippen LogP contribution in [0.4, 0.5) is 0 Å². The molecule has 0 aliphatic heterocycles. The Labute approximate surface area is 102 Å². The van der Waals surface area contributed by atoms with Gasteiger partial charge in [0, 0.05) is 11.5 Å². The molecule has 0 saturated heterocycles. The second-order valence-corrected chi connectivity index (χ2v) is 4.02. The normalized spacial score (nSPS) is 10.3. The molecule has 15 heavy (non-hydrogen) atoms. The summed E-state index contributed by atoms with van der Waals surface area (Å²) in [5, 5.41) is 15.5. The molecule has 4 N–H and O–H groups in total. The van der Waals surface area contributed by atoms with Crippen molar-refractivity contribution in [3.8, 4) is 5.75 Å². The van der Waals surface area contributed by atoms with E-state index in [1.807, 2.05) is 0 Å². The summed E-state index contributed by atoms with van der Waals surface area (Å²) < 4.78 is 0.893. The molecule has 0 saturated carbocycles. The number of phenols is 1. The lowest BCUT2D eigenvalue weighted by molar-refractivity contribution is -0.500. The van der Waals surface area contributed by atoms with Gasteiger partial charge in [0.15, 0.2) is 0 Å². The van der Waals surface area contributed by atoms with E-state index >= 15 is 0 Å². The Morgan fingerprint density at radius 1 is 1.60 bits per heavy atom. The highest BCUT2D eigenvalue weighted by atomic mass is 79.9. The van der Waals surface area contributed by atoms with E-state index in [9.17, 15) is 5.11 Å². The van der Waals surface area contributed by atoms with Gasteiger partial charge in [-0.15, -0.1) is 10.5 Å². The minimum Gasteiger partial charge on any atom is -0.507 e. The zero-order valence-corrected chi connectivity index (χ0v) is 10.4. The SMILES string of the molecule is CNC(=S)N/[NH+]=C/c1cc(Br)ccc1O. The molecule has 1 aromatic carbocycles. The van der Waals surface area contributed by atoms with Crippen molar-refractivity contribution in [2.75, 3.05) is 7.05 Å². The maximum atomic E-state index is 9.49. The minimum absolute atomic E-state index is 0.197. The van der Waals surface area contributed by atoms with E-state index in [-0.39, 0.29) is 5.75 Å². The molecule has 0 aliphatic rings. The van der Waals surface area contributed by atoms with Gasteiger partial charge in [-0.3, -0.25) is 0 Å². The predicted molar refractivity (Wildman–Crippen MR) is 66.7 cm³/mol. The number of hydrazone groups is 1. The Balaban J connectivity index is 2.71. The van der Waals surface area contributed by atoms with Gasteiger partial charge in [0.2, 0.25) is 11.3 Å². The molecule has 0 atom stereocenters. The Morgan fingerprint density at radius 2 is 2.33 bits per heavy atom. The summed E-state index contributed by atoms with van der Waals surface area (Å²) in [6.07, 6.45) is 1.61. The summed E-state index contributed by atoms with van der Waals surface area (Å²) in [6.45, 7) is 0. The zero-order valence-electron chi connectivity index (χ0n) is 8.04. The highest BCUT2D eigenvalue weighted by Crippen LogP contribution is 2.19. The van der Waals surface area contributed by atoms with Crippen molar-refractivity contribution in [3.63, 3.8) is 0 Å². The van der Waals surface area contributed by atoms with Gasteiger partial charge in [0.25, 0.3) is 0 Å². The maximum Gasteiger partial charge on any atom is 0.223 e. The average Bonchev–Trinajstić information content (AvgIpc) is 2.23. The zero-order chi connectivity index (χ0) is 11.3. The monoisotopic (exact) mass is 288 g/mol. The summed E-state index contributed by atoms with van der Waals surface area (Å²) >= 11 is 8.17. The van der Waals surface area contributed by atoms with Gasteiger partial charge in [-0.2, -0.15) is 0 Å². The van der Waals surface area contributed by atoms with Gasteiger partial charge >= 0.3 is 0 Å². The Kier molecular flexibility index (Phi) is 4.51. The highest BCUT2D eigenvalue weighted by Gasteiger charge is 2.01. The van der Waals surface area contributed by atoms with Crippen LogP contribution in [0.1, 0.15) is 5.56 Å². The van der Waals surface area contributed by atoms with Crippen molar-refractivity contribution < 1.29 is 10.2 Å². The molecule has 0 radical (unpaired) electrons. The number of aromatic hydroxyl groups is 1. The smallest absolute Gasteiger partial charge is 0.223 e. The third-order valence-corrected chi connectivity index (χ3v) is 2.43. The van der Waals surface area contributed by atoms with E-state index < -0.39 is 0 Å². The van der Waals surface area contributed by atoms with Crippen LogP contribution in [0.2, 0.25) is 0 Å². The first kappa shape index (κ1) is 11.9. The number of hydrogen-bond acceptors (Lipinski definition) is 2. The molecule has 1 rings (SSSR count). The van der Waals surface area contributed by atoms with E-state index in [2.05, 4.69) is 31.8 Å². The fourth-order valence-corrected chi connectivity index (χ4v) is 1.32. The first-order chi connectivity index (χ1) is 7.13. The van der Waals surface area contributed by atoms with Crippen LogP contribution in [-0.4, -0.2) is 23.5 Å². The van der Waals surface area contributed by atoms with E-state index in [0.717, 1.165) is 4.47 Å². The molecule has 0 fully saturated rings. The lowest BCUT2D eigenvalue weighted by Gasteiger charge is -1.97. The molecular weight excluding hydrogens is 278 g/mol. The van der Waals surface area contributed by atoms with Crippen LogP contribution in [-0.2, 0) is 0 Å². The first-order valence-electron chi connectivity index (χ1n) is 4.18. The molecule has 4 nitrogen and oxygen atoms in total. The quantitative estimate of drug-likeness (QED) is 0.342. The molecule has 0 amide bonds. The van der Waals surface area contributed by atoms with Crippen LogP contribution in [0, 0.1) is 0 Å². The number of thiocarbonyl (C=S) groups is 1. The van der Waals surface area contributed by atoms with Crippen LogP contribution in [0.5, 0.6) is 5.75 Å². The number of nitrogens with one attached hydrogen (secondary N) is 3. The summed E-state index contributed by atoms with van der Waals surface area (Å²) in [7, 11) is 1.72. The van der Waals surface area contributed by atoms with Crippen LogP contribution >= 0.6 is 28.1 Å².